The van der Waals surface area contributed by atoms with Crippen molar-refractivity contribution in [3.8, 4) is 0 Å². The molecule has 0 aliphatic heterocycles. The van der Waals surface area contributed by atoms with Gasteiger partial charge in [0.2, 0.25) is 11.8 Å². The lowest BCUT2D eigenvalue weighted by molar-refractivity contribution is -0.122. The highest BCUT2D eigenvalue weighted by Crippen LogP contribution is 1.99. The van der Waals surface area contributed by atoms with Gasteiger partial charge in [0.15, 0.2) is 0 Å². The van der Waals surface area contributed by atoms with Gasteiger partial charge < -0.3 is 11.5 Å². The summed E-state index contributed by atoms with van der Waals surface area (Å²) in [5.74, 6) is 0.215. The van der Waals surface area contributed by atoms with Crippen molar-refractivity contribution in [1.82, 2.24) is 10.6 Å². The molecule has 0 saturated carbocycles. The van der Waals surface area contributed by atoms with E-state index in [0.29, 0.717) is 24.3 Å². The number of amides is 4. The number of imide groups is 2. The van der Waals surface area contributed by atoms with Crippen LogP contribution in [0.3, 0.4) is 0 Å². The molecule has 6 N–H and O–H groups in total. The van der Waals surface area contributed by atoms with E-state index in [1.165, 1.54) is 0 Å². The number of thioether (sulfide) groups is 2. The molecule has 7 nitrogen and oxygen atoms in total. The van der Waals surface area contributed by atoms with Gasteiger partial charge >= 0.3 is 6.03 Å². The van der Waals surface area contributed by atoms with Gasteiger partial charge in [-0.15, -0.1) is 0 Å². The first-order valence-electron chi connectivity index (χ1n) is 6.07. The third-order valence-corrected chi connectivity index (χ3v) is 3.70. The van der Waals surface area contributed by atoms with E-state index in [4.69, 9.17) is 11.5 Å². The highest BCUT2D eigenvalue weighted by molar-refractivity contribution is 7.98. The van der Waals surface area contributed by atoms with Crippen molar-refractivity contribution in [2.45, 2.75) is 24.9 Å². The van der Waals surface area contributed by atoms with Crippen LogP contribution >= 0.6 is 23.5 Å². The Hall–Kier alpha value is -0.770. The first-order valence-corrected chi connectivity index (χ1v) is 8.85. The van der Waals surface area contributed by atoms with Crippen LogP contribution in [0.25, 0.3) is 0 Å². The normalized spacial score (nSPS) is 13.4. The quantitative estimate of drug-likeness (QED) is 0.474. The van der Waals surface area contributed by atoms with Gasteiger partial charge in [-0.3, -0.25) is 20.2 Å². The van der Waals surface area contributed by atoms with Gasteiger partial charge in [-0.05, 0) is 36.9 Å². The molecule has 0 radical (unpaired) electrons. The van der Waals surface area contributed by atoms with E-state index in [1.54, 1.807) is 23.5 Å². The van der Waals surface area contributed by atoms with E-state index >= 15 is 0 Å². The summed E-state index contributed by atoms with van der Waals surface area (Å²) in [5.41, 5.74) is 11.2. The van der Waals surface area contributed by atoms with Crippen LogP contribution in [-0.2, 0) is 9.59 Å². The molecular weight excluding hydrogens is 300 g/mol. The predicted octanol–water partition coefficient (Wildman–Crippen LogP) is -0.500. The maximum atomic E-state index is 11.5. The van der Waals surface area contributed by atoms with Crippen molar-refractivity contribution in [2.24, 2.45) is 11.5 Å². The fourth-order valence-corrected chi connectivity index (χ4v) is 2.17. The highest BCUT2D eigenvalue weighted by atomic mass is 32.2. The van der Waals surface area contributed by atoms with Gasteiger partial charge in [0.25, 0.3) is 0 Å². The third-order valence-electron chi connectivity index (χ3n) is 2.41. The monoisotopic (exact) mass is 322 g/mol. The van der Waals surface area contributed by atoms with Crippen molar-refractivity contribution in [2.75, 3.05) is 24.0 Å². The van der Waals surface area contributed by atoms with Gasteiger partial charge in [-0.25, -0.2) is 4.79 Å². The molecule has 0 aromatic carbocycles. The molecule has 116 valence electrons. The lowest BCUT2D eigenvalue weighted by atomic mass is 10.2. The number of hydrogen-bond donors (Lipinski definition) is 4. The first kappa shape index (κ1) is 19.2. The van der Waals surface area contributed by atoms with Crippen LogP contribution in [0.2, 0.25) is 0 Å². The molecule has 0 aromatic rings. The van der Waals surface area contributed by atoms with Crippen LogP contribution in [0.5, 0.6) is 0 Å². The molecule has 0 bridgehead atoms. The molecule has 9 heteroatoms. The predicted molar refractivity (Wildman–Crippen MR) is 83.6 cm³/mol. The zero-order valence-corrected chi connectivity index (χ0v) is 13.3. The second kappa shape index (κ2) is 11.0. The number of nitrogens with two attached hydrogens (primary N) is 2. The van der Waals surface area contributed by atoms with Gasteiger partial charge in [-0.1, -0.05) is 0 Å². The summed E-state index contributed by atoms with van der Waals surface area (Å²) in [7, 11) is 0. The average molecular weight is 322 g/mol. The number of nitrogens with one attached hydrogen (secondary N) is 2. The minimum atomic E-state index is -0.890. The van der Waals surface area contributed by atoms with Gasteiger partial charge in [-0.2, -0.15) is 23.5 Å². The highest BCUT2D eigenvalue weighted by Gasteiger charge is 2.19. The molecular formula is C11H22N4O3S2. The Morgan fingerprint density at radius 3 is 1.55 bits per heavy atom. The van der Waals surface area contributed by atoms with E-state index in [9.17, 15) is 14.4 Å². The Labute approximate surface area is 127 Å². The largest absolute Gasteiger partial charge is 0.328 e. The van der Waals surface area contributed by atoms with Gasteiger partial charge in [0.1, 0.15) is 0 Å². The Kier molecular flexibility index (Phi) is 10.5. The Morgan fingerprint density at radius 2 is 1.25 bits per heavy atom. The van der Waals surface area contributed by atoms with E-state index in [2.05, 4.69) is 0 Å². The van der Waals surface area contributed by atoms with Crippen LogP contribution in [0.4, 0.5) is 4.79 Å². The molecule has 0 fully saturated rings. The zero-order valence-electron chi connectivity index (χ0n) is 11.7. The number of carbonyl (C=O) groups is 3. The van der Waals surface area contributed by atoms with Crippen LogP contribution in [0.1, 0.15) is 12.8 Å². The molecule has 0 spiro atoms. The van der Waals surface area contributed by atoms with Gasteiger partial charge in [0, 0.05) is 0 Å². The van der Waals surface area contributed by atoms with Crippen LogP contribution in [0.15, 0.2) is 0 Å². The standard InChI is InChI=1S/C11H22N4O3S2/c1-19-5-3-7(12)9(16)14-11(18)15-10(17)8(13)4-6-20-2/h7-8H,3-6,12-13H2,1-2H3,(H2,14,15,16,17,18)/t7-,8-/m0/s1. The first-order chi connectivity index (χ1) is 9.42. The lowest BCUT2D eigenvalue weighted by Crippen LogP contribution is -2.52. The second-order valence-corrected chi connectivity index (χ2v) is 6.05. The molecule has 0 saturated heterocycles. The second-order valence-electron chi connectivity index (χ2n) is 4.08. The molecule has 0 aliphatic rings. The molecule has 0 rings (SSSR count). The summed E-state index contributed by atoms with van der Waals surface area (Å²) < 4.78 is 0. The van der Waals surface area contributed by atoms with Crippen molar-refractivity contribution in [1.29, 1.82) is 0 Å². The summed E-state index contributed by atoms with van der Waals surface area (Å²) in [5, 5.41) is 4.05. The fourth-order valence-electron chi connectivity index (χ4n) is 1.19. The number of rotatable bonds is 8. The van der Waals surface area contributed by atoms with Crippen LogP contribution < -0.4 is 22.1 Å². The number of hydrogen-bond acceptors (Lipinski definition) is 7. The third kappa shape index (κ3) is 8.41. The Morgan fingerprint density at radius 1 is 0.900 bits per heavy atom. The van der Waals surface area contributed by atoms with E-state index < -0.39 is 29.9 Å². The molecule has 0 aromatic heterocycles. The summed E-state index contributed by atoms with van der Waals surface area (Å²) in [6.45, 7) is 0. The summed E-state index contributed by atoms with van der Waals surface area (Å²) in [6.07, 6.45) is 4.71. The molecule has 20 heavy (non-hydrogen) atoms. The summed E-state index contributed by atoms with van der Waals surface area (Å²) in [4.78, 5) is 34.5. The maximum Gasteiger partial charge on any atom is 0.328 e. The summed E-state index contributed by atoms with van der Waals surface area (Å²) in [6, 6.07) is -2.43. The van der Waals surface area contributed by atoms with Crippen molar-refractivity contribution < 1.29 is 14.4 Å². The van der Waals surface area contributed by atoms with Crippen molar-refractivity contribution >= 4 is 41.4 Å². The molecule has 4 amide bonds. The Balaban J connectivity index is 4.09. The lowest BCUT2D eigenvalue weighted by Gasteiger charge is -2.13. The maximum absolute atomic E-state index is 11.5. The smallest absolute Gasteiger partial charge is 0.320 e. The van der Waals surface area contributed by atoms with Crippen molar-refractivity contribution in [3.05, 3.63) is 0 Å². The topological polar surface area (TPSA) is 127 Å². The van der Waals surface area contributed by atoms with E-state index in [-0.39, 0.29) is 0 Å². The minimum absolute atomic E-state index is 0.460. The minimum Gasteiger partial charge on any atom is -0.320 e. The van der Waals surface area contributed by atoms with Crippen LogP contribution in [0, 0.1) is 0 Å². The zero-order chi connectivity index (χ0) is 15.5. The van der Waals surface area contributed by atoms with Crippen molar-refractivity contribution in [3.63, 3.8) is 0 Å². The average Bonchev–Trinajstić information content (AvgIpc) is 2.41. The molecule has 0 heterocycles. The Bertz CT molecular complexity index is 312. The molecule has 0 aliphatic carbocycles. The number of carbonyl (C=O) groups excluding carboxylic acids is 3. The molecule has 2 atom stereocenters. The SMILES string of the molecule is CSCC[C@H](N)C(=O)NC(=O)NC(=O)[C@@H](N)CCSC. The van der Waals surface area contributed by atoms with E-state index in [0.717, 1.165) is 0 Å². The van der Waals surface area contributed by atoms with E-state index in [1.807, 2.05) is 23.1 Å². The fraction of sp³-hybridized carbons (Fsp3) is 0.727. The van der Waals surface area contributed by atoms with Gasteiger partial charge in [0.05, 0.1) is 12.1 Å². The molecule has 0 unspecified atom stereocenters. The van der Waals surface area contributed by atoms with Crippen LogP contribution in [-0.4, -0.2) is 53.9 Å². The number of urea groups is 1. The summed E-state index contributed by atoms with van der Waals surface area (Å²) >= 11 is 3.11.